The SMILES string of the molecule is CCN(CC)S(=O)(=O)Oc1ccc2c(c1)CC[C@@H]1[C@@H]2CC[C@]2(C)[C@@H](O)C[C@@H]3C[C@]312. The standard InChI is InChI=1S/C23H33NO4S/c1-4-24(5-2)29(26,27)28-17-7-8-18-15(12-17)6-9-20-19(18)10-11-22(3)21(25)13-16-14-23(16,20)22/h7-8,12,16,19-21,25H,4-6,9-11,13-14H2,1-3H3/t16-,19-,20-,21+,22-,23+/m1/s1. The molecule has 0 saturated heterocycles. The van der Waals surface area contributed by atoms with E-state index in [-0.39, 0.29) is 11.5 Å². The Kier molecular flexibility index (Phi) is 4.41. The van der Waals surface area contributed by atoms with Crippen molar-refractivity contribution in [2.24, 2.45) is 22.7 Å². The highest BCUT2D eigenvalue weighted by Crippen LogP contribution is 2.81. The molecule has 160 valence electrons. The van der Waals surface area contributed by atoms with Crippen LogP contribution in [0.5, 0.6) is 5.75 Å². The summed E-state index contributed by atoms with van der Waals surface area (Å²) in [6.07, 6.45) is 6.48. The topological polar surface area (TPSA) is 66.8 Å². The molecule has 6 heteroatoms. The van der Waals surface area contributed by atoms with Crippen LogP contribution < -0.4 is 4.18 Å². The van der Waals surface area contributed by atoms with Gasteiger partial charge in [0.15, 0.2) is 0 Å². The Morgan fingerprint density at radius 3 is 2.72 bits per heavy atom. The molecule has 0 radical (unpaired) electrons. The Hall–Kier alpha value is -1.11. The summed E-state index contributed by atoms with van der Waals surface area (Å²) in [5, 5.41) is 10.7. The number of aliphatic hydroxyl groups is 1. The predicted octanol–water partition coefficient (Wildman–Crippen LogP) is 3.87. The zero-order valence-corrected chi connectivity index (χ0v) is 18.5. The lowest BCUT2D eigenvalue weighted by Crippen LogP contribution is -2.47. The molecule has 1 N–H and O–H groups in total. The number of hydrogen-bond donors (Lipinski definition) is 1. The Labute approximate surface area is 174 Å². The summed E-state index contributed by atoms with van der Waals surface area (Å²) in [6, 6.07) is 5.90. The van der Waals surface area contributed by atoms with E-state index in [0.29, 0.717) is 42.0 Å². The van der Waals surface area contributed by atoms with Crippen molar-refractivity contribution in [3.05, 3.63) is 29.3 Å². The van der Waals surface area contributed by atoms with Crippen molar-refractivity contribution in [1.82, 2.24) is 4.31 Å². The Morgan fingerprint density at radius 2 is 2.00 bits per heavy atom. The van der Waals surface area contributed by atoms with E-state index >= 15 is 0 Å². The van der Waals surface area contributed by atoms with Crippen molar-refractivity contribution in [2.75, 3.05) is 13.1 Å². The number of benzene rings is 1. The van der Waals surface area contributed by atoms with E-state index in [4.69, 9.17) is 4.18 Å². The number of aryl methyl sites for hydroxylation is 1. The fourth-order valence-electron chi connectivity index (χ4n) is 7.54. The Morgan fingerprint density at radius 1 is 1.24 bits per heavy atom. The molecule has 1 aromatic rings. The first-order valence-corrected chi connectivity index (χ1v) is 12.6. The first kappa shape index (κ1) is 19.8. The van der Waals surface area contributed by atoms with E-state index in [0.717, 1.165) is 32.1 Å². The highest BCUT2D eigenvalue weighted by Gasteiger charge is 2.76. The van der Waals surface area contributed by atoms with Crippen molar-refractivity contribution in [1.29, 1.82) is 0 Å². The van der Waals surface area contributed by atoms with Crippen LogP contribution in [-0.2, 0) is 16.7 Å². The molecule has 0 heterocycles. The first-order valence-electron chi connectivity index (χ1n) is 11.3. The summed E-state index contributed by atoms with van der Waals surface area (Å²) in [6.45, 7) is 6.78. The van der Waals surface area contributed by atoms with Gasteiger partial charge in [0.2, 0.25) is 0 Å². The molecule has 0 aromatic heterocycles. The molecule has 3 fully saturated rings. The maximum Gasteiger partial charge on any atom is 0.385 e. The zero-order valence-electron chi connectivity index (χ0n) is 17.7. The summed E-state index contributed by atoms with van der Waals surface area (Å²) in [5.41, 5.74) is 3.07. The van der Waals surface area contributed by atoms with Gasteiger partial charge in [0.25, 0.3) is 0 Å². The fourth-order valence-corrected chi connectivity index (χ4v) is 8.63. The molecule has 4 aliphatic carbocycles. The number of aliphatic hydroxyl groups excluding tert-OH is 1. The maximum absolute atomic E-state index is 12.5. The highest BCUT2D eigenvalue weighted by molar-refractivity contribution is 7.84. The van der Waals surface area contributed by atoms with E-state index in [1.807, 2.05) is 26.0 Å². The van der Waals surface area contributed by atoms with Crippen molar-refractivity contribution < 1.29 is 17.7 Å². The van der Waals surface area contributed by atoms with Crippen LogP contribution in [0.4, 0.5) is 0 Å². The molecule has 3 saturated carbocycles. The summed E-state index contributed by atoms with van der Waals surface area (Å²) < 4.78 is 31.7. The summed E-state index contributed by atoms with van der Waals surface area (Å²) in [4.78, 5) is 0. The van der Waals surface area contributed by atoms with Crippen molar-refractivity contribution >= 4 is 10.3 Å². The molecular weight excluding hydrogens is 386 g/mol. The van der Waals surface area contributed by atoms with Gasteiger partial charge in [-0.05, 0) is 90.4 Å². The van der Waals surface area contributed by atoms with E-state index < -0.39 is 10.3 Å². The minimum atomic E-state index is -3.75. The van der Waals surface area contributed by atoms with Crippen LogP contribution in [0.2, 0.25) is 0 Å². The second-order valence-corrected chi connectivity index (χ2v) is 11.4. The van der Waals surface area contributed by atoms with Crippen molar-refractivity contribution in [2.45, 2.75) is 71.3 Å². The first-order chi connectivity index (χ1) is 13.8. The second kappa shape index (κ2) is 6.44. The average Bonchev–Trinajstić information content (AvgIpc) is 3.34. The molecule has 0 amide bonds. The lowest BCUT2D eigenvalue weighted by molar-refractivity contribution is -0.0558. The van der Waals surface area contributed by atoms with Gasteiger partial charge in [0.1, 0.15) is 5.75 Å². The largest absolute Gasteiger partial charge is 0.393 e. The highest BCUT2D eigenvalue weighted by atomic mass is 32.2. The summed E-state index contributed by atoms with van der Waals surface area (Å²) in [7, 11) is -3.75. The third kappa shape index (κ3) is 2.61. The summed E-state index contributed by atoms with van der Waals surface area (Å²) in [5.74, 6) is 2.32. The number of fused-ring (bicyclic) bond motifs is 3. The fraction of sp³-hybridized carbons (Fsp3) is 0.739. The number of rotatable bonds is 5. The van der Waals surface area contributed by atoms with Gasteiger partial charge in [-0.15, -0.1) is 0 Å². The van der Waals surface area contributed by atoms with Crippen LogP contribution in [0.1, 0.15) is 69.9 Å². The molecule has 4 aliphatic rings. The zero-order chi connectivity index (χ0) is 20.6. The molecule has 0 bridgehead atoms. The maximum atomic E-state index is 12.5. The quantitative estimate of drug-likeness (QED) is 0.787. The van der Waals surface area contributed by atoms with Crippen molar-refractivity contribution in [3.8, 4) is 5.75 Å². The minimum absolute atomic E-state index is 0.0945. The molecular formula is C23H33NO4S. The molecule has 0 aliphatic heterocycles. The minimum Gasteiger partial charge on any atom is -0.393 e. The van der Waals surface area contributed by atoms with Crippen LogP contribution in [0.15, 0.2) is 18.2 Å². The van der Waals surface area contributed by atoms with Gasteiger partial charge in [-0.1, -0.05) is 26.8 Å². The summed E-state index contributed by atoms with van der Waals surface area (Å²) >= 11 is 0. The third-order valence-corrected chi connectivity index (χ3v) is 10.6. The molecule has 29 heavy (non-hydrogen) atoms. The van der Waals surface area contributed by atoms with Gasteiger partial charge in [-0.2, -0.15) is 12.7 Å². The third-order valence-electron chi connectivity index (χ3n) is 9.04. The van der Waals surface area contributed by atoms with Crippen LogP contribution in [0, 0.1) is 22.7 Å². The molecule has 5 rings (SSSR count). The van der Waals surface area contributed by atoms with Gasteiger partial charge in [-0.3, -0.25) is 0 Å². The normalized spacial score (nSPS) is 40.0. The molecule has 1 aromatic carbocycles. The van der Waals surface area contributed by atoms with Gasteiger partial charge >= 0.3 is 10.3 Å². The van der Waals surface area contributed by atoms with E-state index in [1.54, 1.807) is 0 Å². The smallest absolute Gasteiger partial charge is 0.385 e. The van der Waals surface area contributed by atoms with E-state index in [9.17, 15) is 13.5 Å². The van der Waals surface area contributed by atoms with Crippen molar-refractivity contribution in [3.63, 3.8) is 0 Å². The molecule has 5 nitrogen and oxygen atoms in total. The van der Waals surface area contributed by atoms with E-state index in [1.165, 1.54) is 21.9 Å². The number of hydrogen-bond acceptors (Lipinski definition) is 4. The van der Waals surface area contributed by atoms with Crippen LogP contribution in [0.25, 0.3) is 0 Å². The van der Waals surface area contributed by atoms with Crippen LogP contribution in [-0.4, -0.2) is 37.0 Å². The Bertz CT molecular complexity index is 927. The number of nitrogens with zero attached hydrogens (tertiary/aromatic N) is 1. The Balaban J connectivity index is 1.42. The van der Waals surface area contributed by atoms with Crippen LogP contribution >= 0.6 is 0 Å². The van der Waals surface area contributed by atoms with Gasteiger partial charge in [0, 0.05) is 13.1 Å². The molecule has 6 atom stereocenters. The predicted molar refractivity (Wildman–Crippen MR) is 112 cm³/mol. The molecule has 0 unspecified atom stereocenters. The van der Waals surface area contributed by atoms with Gasteiger partial charge in [-0.25, -0.2) is 0 Å². The van der Waals surface area contributed by atoms with Gasteiger partial charge in [0.05, 0.1) is 6.10 Å². The second-order valence-electron chi connectivity index (χ2n) is 9.89. The van der Waals surface area contributed by atoms with E-state index in [2.05, 4.69) is 13.0 Å². The lowest BCUT2D eigenvalue weighted by Gasteiger charge is -2.52. The van der Waals surface area contributed by atoms with Gasteiger partial charge < -0.3 is 9.29 Å². The lowest BCUT2D eigenvalue weighted by atomic mass is 9.52. The average molecular weight is 420 g/mol. The monoisotopic (exact) mass is 419 g/mol. The van der Waals surface area contributed by atoms with Crippen LogP contribution in [0.3, 0.4) is 0 Å². The molecule has 1 spiro atoms.